The molecule has 1 aliphatic carbocycles. The summed E-state index contributed by atoms with van der Waals surface area (Å²) in [5.74, 6) is -0.971. The second kappa shape index (κ2) is 10.0. The average Bonchev–Trinajstić information content (AvgIpc) is 3.58. The monoisotopic (exact) mass is 547 g/mol. The number of hydrogen-bond acceptors (Lipinski definition) is 3. The maximum absolute atomic E-state index is 13.5. The molecule has 5 nitrogen and oxygen atoms in total. The predicted molar refractivity (Wildman–Crippen MR) is 130 cm³/mol. The third-order valence-corrected chi connectivity index (χ3v) is 6.95. The van der Waals surface area contributed by atoms with Gasteiger partial charge < -0.3 is 10.2 Å². The first kappa shape index (κ1) is 26.7. The van der Waals surface area contributed by atoms with E-state index in [1.807, 2.05) is 6.07 Å². The number of nitrogens with zero attached hydrogens (tertiary/aromatic N) is 2. The number of rotatable bonds is 5. The Morgan fingerprint density at radius 2 is 1.59 bits per heavy atom. The van der Waals surface area contributed by atoms with Gasteiger partial charge in [0, 0.05) is 48.6 Å². The first-order valence-corrected chi connectivity index (χ1v) is 12.3. The van der Waals surface area contributed by atoms with Crippen molar-refractivity contribution < 1.29 is 35.9 Å². The zero-order valence-electron chi connectivity index (χ0n) is 20.4. The molecule has 2 aliphatic rings. The maximum Gasteiger partial charge on any atom is 0.416 e. The van der Waals surface area contributed by atoms with Crippen molar-refractivity contribution in [2.45, 2.75) is 43.6 Å². The van der Waals surface area contributed by atoms with Gasteiger partial charge in [-0.15, -0.1) is 0 Å². The molecule has 1 unspecified atom stereocenters. The normalized spacial score (nSPS) is 17.8. The van der Waals surface area contributed by atoms with Gasteiger partial charge in [-0.05, 0) is 72.4 Å². The van der Waals surface area contributed by atoms with Crippen molar-refractivity contribution in [1.82, 2.24) is 15.2 Å². The van der Waals surface area contributed by atoms with E-state index in [0.717, 1.165) is 5.56 Å². The highest BCUT2D eigenvalue weighted by molar-refractivity contribution is 6.04. The molecule has 1 N–H and O–H groups in total. The lowest BCUT2D eigenvalue weighted by Gasteiger charge is -2.19. The molecular formula is C28H23F6N3O2. The van der Waals surface area contributed by atoms with Crippen molar-refractivity contribution in [1.29, 1.82) is 0 Å². The van der Waals surface area contributed by atoms with E-state index >= 15 is 0 Å². The molecule has 1 saturated carbocycles. The van der Waals surface area contributed by atoms with E-state index in [9.17, 15) is 35.9 Å². The van der Waals surface area contributed by atoms with Crippen LogP contribution in [0.1, 0.15) is 62.6 Å². The van der Waals surface area contributed by atoms with Gasteiger partial charge >= 0.3 is 12.4 Å². The van der Waals surface area contributed by atoms with Gasteiger partial charge in [0.25, 0.3) is 11.8 Å². The third kappa shape index (κ3) is 5.91. The van der Waals surface area contributed by atoms with Gasteiger partial charge in [-0.25, -0.2) is 0 Å². The van der Waals surface area contributed by atoms with Gasteiger partial charge in [-0.2, -0.15) is 26.3 Å². The Kier molecular flexibility index (Phi) is 6.86. The second-order valence-corrected chi connectivity index (χ2v) is 9.83. The summed E-state index contributed by atoms with van der Waals surface area (Å²) in [4.78, 5) is 32.2. The average molecular weight is 547 g/mol. The van der Waals surface area contributed by atoms with Crippen LogP contribution in [0.3, 0.4) is 0 Å². The smallest absolute Gasteiger partial charge is 0.349 e. The molecule has 3 aromatic rings. The molecule has 2 fully saturated rings. The molecule has 2 heterocycles. The van der Waals surface area contributed by atoms with Crippen LogP contribution in [0.25, 0.3) is 11.1 Å². The number of benzene rings is 2. The highest BCUT2D eigenvalue weighted by Crippen LogP contribution is 2.40. The molecule has 11 heteroatoms. The standard InChI is InChI=1S/C28H23F6N3O2/c29-27(30,31)20-10-19(11-21(13-20)28(32,33)34)23-6-3-16(12-24(23)25(38)36-22-4-5-22)26(39)37-9-7-18(15-37)17-2-1-8-35-14-17/h1-3,6,8,10-14,18,22H,4-5,7,9,15H2,(H,36,38). The Hall–Kier alpha value is -3.89. The Balaban J connectivity index is 1.52. The van der Waals surface area contributed by atoms with E-state index in [1.54, 1.807) is 23.4 Å². The van der Waals surface area contributed by atoms with E-state index in [2.05, 4.69) is 10.3 Å². The van der Waals surface area contributed by atoms with Crippen LogP contribution in [0.4, 0.5) is 26.3 Å². The number of alkyl halides is 6. The zero-order chi connectivity index (χ0) is 27.9. The Morgan fingerprint density at radius 3 is 2.18 bits per heavy atom. The van der Waals surface area contributed by atoms with Crippen LogP contribution in [-0.2, 0) is 12.4 Å². The van der Waals surface area contributed by atoms with Crippen molar-refractivity contribution >= 4 is 11.8 Å². The van der Waals surface area contributed by atoms with Gasteiger partial charge in [-0.3, -0.25) is 14.6 Å². The van der Waals surface area contributed by atoms with Gasteiger partial charge in [0.2, 0.25) is 0 Å². The van der Waals surface area contributed by atoms with Gasteiger partial charge in [0.15, 0.2) is 0 Å². The van der Waals surface area contributed by atoms with Gasteiger partial charge in [-0.1, -0.05) is 12.1 Å². The number of amides is 2. The Labute approximate surface area is 219 Å². The van der Waals surface area contributed by atoms with Crippen LogP contribution >= 0.6 is 0 Å². The summed E-state index contributed by atoms with van der Waals surface area (Å²) in [6.45, 7) is 0.866. The van der Waals surface area contributed by atoms with Crippen molar-refractivity contribution in [3.8, 4) is 11.1 Å². The molecule has 1 aliphatic heterocycles. The summed E-state index contributed by atoms with van der Waals surface area (Å²) in [7, 11) is 0. The quantitative estimate of drug-likeness (QED) is 0.381. The maximum atomic E-state index is 13.5. The van der Waals surface area contributed by atoms with Crippen molar-refractivity contribution in [3.63, 3.8) is 0 Å². The topological polar surface area (TPSA) is 62.3 Å². The molecule has 39 heavy (non-hydrogen) atoms. The molecule has 0 spiro atoms. The van der Waals surface area contributed by atoms with E-state index in [-0.39, 0.29) is 40.6 Å². The highest BCUT2D eigenvalue weighted by atomic mass is 19.4. The number of halogens is 6. The van der Waals surface area contributed by atoms with Crippen LogP contribution in [-0.4, -0.2) is 40.8 Å². The minimum absolute atomic E-state index is 0.0391. The molecule has 1 atom stereocenters. The lowest BCUT2D eigenvalue weighted by Crippen LogP contribution is -2.30. The molecule has 2 amide bonds. The van der Waals surface area contributed by atoms with Crippen LogP contribution < -0.4 is 5.32 Å². The van der Waals surface area contributed by atoms with E-state index in [4.69, 9.17) is 0 Å². The van der Waals surface area contributed by atoms with Crippen LogP contribution in [0.2, 0.25) is 0 Å². The van der Waals surface area contributed by atoms with Crippen molar-refractivity contribution in [3.05, 3.63) is 88.7 Å². The Morgan fingerprint density at radius 1 is 0.897 bits per heavy atom. The number of carbonyl (C=O) groups excluding carboxylic acids is 2. The summed E-state index contributed by atoms with van der Waals surface area (Å²) in [5.41, 5.74) is -2.58. The highest BCUT2D eigenvalue weighted by Gasteiger charge is 2.38. The fraction of sp³-hybridized carbons (Fsp3) is 0.321. The molecular weight excluding hydrogens is 524 g/mol. The Bertz CT molecular complexity index is 1370. The molecule has 1 aromatic heterocycles. The molecule has 0 bridgehead atoms. The SMILES string of the molecule is O=C(NC1CC1)c1cc(C(=O)N2CCC(c3cccnc3)C2)ccc1-c1cc(C(F)(F)F)cc(C(F)(F)F)c1. The van der Waals surface area contributed by atoms with E-state index < -0.39 is 35.0 Å². The third-order valence-electron chi connectivity index (χ3n) is 6.95. The fourth-order valence-electron chi connectivity index (χ4n) is 4.73. The lowest BCUT2D eigenvalue weighted by atomic mass is 9.93. The number of nitrogens with one attached hydrogen (secondary N) is 1. The number of hydrogen-bond donors (Lipinski definition) is 1. The first-order valence-electron chi connectivity index (χ1n) is 12.3. The number of pyridine rings is 1. The molecule has 1 saturated heterocycles. The molecule has 5 rings (SSSR count). The van der Waals surface area contributed by atoms with E-state index in [0.29, 0.717) is 44.5 Å². The molecule has 204 valence electrons. The summed E-state index contributed by atoms with van der Waals surface area (Å²) in [6, 6.07) is 8.62. The van der Waals surface area contributed by atoms with Gasteiger partial charge in [0.05, 0.1) is 11.1 Å². The number of carbonyl (C=O) groups is 2. The minimum atomic E-state index is -5.04. The van der Waals surface area contributed by atoms with Crippen LogP contribution in [0.15, 0.2) is 60.9 Å². The number of aromatic nitrogens is 1. The largest absolute Gasteiger partial charge is 0.416 e. The molecule has 2 aromatic carbocycles. The summed E-state index contributed by atoms with van der Waals surface area (Å²) in [5, 5.41) is 2.72. The van der Waals surface area contributed by atoms with Crippen LogP contribution in [0, 0.1) is 0 Å². The number of likely N-dealkylation sites (tertiary alicyclic amines) is 1. The second-order valence-electron chi connectivity index (χ2n) is 9.83. The zero-order valence-corrected chi connectivity index (χ0v) is 20.4. The minimum Gasteiger partial charge on any atom is -0.349 e. The fourth-order valence-corrected chi connectivity index (χ4v) is 4.73. The predicted octanol–water partition coefficient (Wildman–Crippen LogP) is 6.31. The van der Waals surface area contributed by atoms with Gasteiger partial charge in [0.1, 0.15) is 0 Å². The molecule has 0 radical (unpaired) electrons. The van der Waals surface area contributed by atoms with Crippen molar-refractivity contribution in [2.24, 2.45) is 0 Å². The summed E-state index contributed by atoms with van der Waals surface area (Å²) in [6.07, 6.45) is -4.56. The van der Waals surface area contributed by atoms with Crippen LogP contribution in [0.5, 0.6) is 0 Å². The summed E-state index contributed by atoms with van der Waals surface area (Å²) < 4.78 is 80.9. The first-order chi connectivity index (χ1) is 18.4. The lowest BCUT2D eigenvalue weighted by molar-refractivity contribution is -0.143. The van der Waals surface area contributed by atoms with Crippen molar-refractivity contribution in [2.75, 3.05) is 13.1 Å². The van der Waals surface area contributed by atoms with E-state index in [1.165, 1.54) is 18.2 Å². The summed E-state index contributed by atoms with van der Waals surface area (Å²) >= 11 is 0.